The van der Waals surface area contributed by atoms with Crippen LogP contribution in [0.3, 0.4) is 0 Å². The molecule has 2 aliphatic rings. The van der Waals surface area contributed by atoms with Gasteiger partial charge in [-0.2, -0.15) is 0 Å². The highest BCUT2D eigenvalue weighted by Crippen LogP contribution is 2.51. The minimum absolute atomic E-state index is 0.0906. The number of rotatable bonds is 7. The Kier molecular flexibility index (Phi) is 7.71. The molecule has 42 heavy (non-hydrogen) atoms. The topological polar surface area (TPSA) is 135 Å². The number of Topliss-reactive ketones (excluding diaryl/α,β-unsaturated/α-hetero) is 1. The monoisotopic (exact) mass is 569 g/mol. The molecule has 2 N–H and O–H groups in total. The summed E-state index contributed by atoms with van der Waals surface area (Å²) in [4.78, 5) is 26.6. The number of methoxy groups -OCH3 is 3. The normalized spacial score (nSPS) is 18.0. The number of nitrogens with one attached hydrogen (secondary N) is 1. The van der Waals surface area contributed by atoms with Crippen LogP contribution in [0.15, 0.2) is 77.5 Å². The second-order valence-electron chi connectivity index (χ2n) is 10.1. The van der Waals surface area contributed by atoms with Gasteiger partial charge < -0.3 is 19.3 Å². The highest BCUT2D eigenvalue weighted by Gasteiger charge is 2.44. The number of carbonyl (C=O) groups is 1. The van der Waals surface area contributed by atoms with Crippen LogP contribution in [0.2, 0.25) is 0 Å². The summed E-state index contributed by atoms with van der Waals surface area (Å²) < 4.78 is 16.7. The van der Waals surface area contributed by atoms with Crippen molar-refractivity contribution < 1.29 is 29.0 Å². The molecule has 0 amide bonds. The minimum Gasteiger partial charge on any atom is -0.507 e. The lowest BCUT2D eigenvalue weighted by atomic mass is 9.73. The largest absolute Gasteiger partial charge is 0.507 e. The number of aliphatic hydroxyl groups excluding tert-OH is 1. The number of hydrogen-bond acceptors (Lipinski definition) is 8. The third-order valence-electron chi connectivity index (χ3n) is 7.72. The van der Waals surface area contributed by atoms with Gasteiger partial charge in [-0.1, -0.05) is 36.4 Å². The summed E-state index contributed by atoms with van der Waals surface area (Å²) in [5.41, 5.74) is 3.12. The number of ether oxygens (including phenoxy) is 3. The molecule has 0 radical (unpaired) electrons. The Bertz CT molecular complexity index is 1630. The van der Waals surface area contributed by atoms with Gasteiger partial charge >= 0.3 is 0 Å². The predicted molar refractivity (Wildman–Crippen MR) is 159 cm³/mol. The number of non-ortho nitro benzene ring substituents is 1. The lowest BCUT2D eigenvalue weighted by Gasteiger charge is -2.42. The molecular formula is C32H31N3O7. The van der Waals surface area contributed by atoms with E-state index in [-0.39, 0.29) is 35.1 Å². The molecule has 1 heterocycles. The zero-order valence-corrected chi connectivity index (χ0v) is 23.8. The van der Waals surface area contributed by atoms with Crippen LogP contribution in [-0.4, -0.2) is 43.0 Å². The second kappa shape index (κ2) is 11.4. The first-order valence-corrected chi connectivity index (χ1v) is 13.4. The summed E-state index contributed by atoms with van der Waals surface area (Å²) in [5, 5.41) is 33.1. The molecule has 5 rings (SSSR count). The van der Waals surface area contributed by atoms with Crippen molar-refractivity contribution in [2.45, 2.75) is 32.1 Å². The highest BCUT2D eigenvalue weighted by atomic mass is 16.6. The van der Waals surface area contributed by atoms with Crippen LogP contribution >= 0.6 is 0 Å². The summed E-state index contributed by atoms with van der Waals surface area (Å²) in [6.45, 7) is 1.79. The number of nitro groups is 1. The molecule has 0 aromatic heterocycles. The maximum atomic E-state index is 13.8. The number of allylic oxidation sites excluding steroid dienone is 2. The minimum atomic E-state index is -0.857. The van der Waals surface area contributed by atoms with E-state index >= 15 is 0 Å². The third kappa shape index (κ3) is 4.74. The van der Waals surface area contributed by atoms with E-state index in [0.717, 1.165) is 0 Å². The van der Waals surface area contributed by atoms with Crippen molar-refractivity contribution in [3.63, 3.8) is 0 Å². The summed E-state index contributed by atoms with van der Waals surface area (Å²) in [5.74, 6) is -0.174. The maximum absolute atomic E-state index is 13.8. The molecule has 0 spiro atoms. The van der Waals surface area contributed by atoms with E-state index in [1.165, 1.54) is 33.5 Å². The predicted octanol–water partition coefficient (Wildman–Crippen LogP) is 6.49. The SMILES string of the molecule is COc1cc(C2C(=C(O)c3ccccc3)C(=N)N(c3cc([N+](=O)[O-])ccc3C)C3=C2C(=O)CCC3)cc(OC)c1OC. The van der Waals surface area contributed by atoms with Gasteiger partial charge in [0.25, 0.3) is 5.69 Å². The van der Waals surface area contributed by atoms with Gasteiger partial charge in [-0.3, -0.25) is 25.2 Å². The lowest BCUT2D eigenvalue weighted by molar-refractivity contribution is -0.384. The average Bonchev–Trinajstić information content (AvgIpc) is 3.00. The third-order valence-corrected chi connectivity index (χ3v) is 7.72. The molecule has 3 aromatic carbocycles. The van der Waals surface area contributed by atoms with Crippen LogP contribution in [0.1, 0.15) is 41.9 Å². The zero-order valence-electron chi connectivity index (χ0n) is 23.8. The second-order valence-corrected chi connectivity index (χ2v) is 10.1. The molecule has 0 bridgehead atoms. The number of ketones is 1. The first kappa shape index (κ1) is 28.4. The lowest BCUT2D eigenvalue weighted by Crippen LogP contribution is -2.42. The van der Waals surface area contributed by atoms with Gasteiger partial charge in [-0.15, -0.1) is 0 Å². The van der Waals surface area contributed by atoms with E-state index in [1.807, 2.05) is 6.07 Å². The molecular weight excluding hydrogens is 538 g/mol. The van der Waals surface area contributed by atoms with Crippen molar-refractivity contribution in [1.29, 1.82) is 5.41 Å². The fourth-order valence-corrected chi connectivity index (χ4v) is 5.76. The molecule has 10 heteroatoms. The van der Waals surface area contributed by atoms with Crippen molar-refractivity contribution >= 4 is 28.8 Å². The van der Waals surface area contributed by atoms with Gasteiger partial charge in [-0.05, 0) is 43.0 Å². The van der Waals surface area contributed by atoms with Gasteiger partial charge in [0.2, 0.25) is 5.75 Å². The van der Waals surface area contributed by atoms with Gasteiger partial charge in [0.1, 0.15) is 11.6 Å². The Morgan fingerprint density at radius 1 is 1.00 bits per heavy atom. The number of anilines is 1. The van der Waals surface area contributed by atoms with Gasteiger partial charge in [-0.25, -0.2) is 0 Å². The van der Waals surface area contributed by atoms with Crippen LogP contribution in [0.4, 0.5) is 11.4 Å². The van der Waals surface area contributed by atoms with Crippen LogP contribution in [0.25, 0.3) is 5.76 Å². The van der Waals surface area contributed by atoms with Gasteiger partial charge in [0.15, 0.2) is 17.3 Å². The van der Waals surface area contributed by atoms with E-state index in [9.17, 15) is 25.4 Å². The molecule has 0 fully saturated rings. The van der Waals surface area contributed by atoms with E-state index in [1.54, 1.807) is 54.3 Å². The quantitative estimate of drug-likeness (QED) is 0.187. The average molecular weight is 570 g/mol. The van der Waals surface area contributed by atoms with Gasteiger partial charge in [0.05, 0.1) is 31.9 Å². The Morgan fingerprint density at radius 3 is 2.26 bits per heavy atom. The Morgan fingerprint density at radius 2 is 1.67 bits per heavy atom. The highest BCUT2D eigenvalue weighted by molar-refractivity contribution is 6.20. The van der Waals surface area contributed by atoms with E-state index in [4.69, 9.17) is 14.2 Å². The fraction of sp³-hybridized carbons (Fsp3) is 0.250. The number of aryl methyl sites for hydroxylation is 1. The van der Waals surface area contributed by atoms with E-state index < -0.39 is 10.8 Å². The van der Waals surface area contributed by atoms with Crippen LogP contribution in [0, 0.1) is 22.4 Å². The molecule has 1 aliphatic heterocycles. The van der Waals surface area contributed by atoms with Crippen LogP contribution < -0.4 is 19.1 Å². The number of nitro benzene ring substituents is 1. The molecule has 216 valence electrons. The van der Waals surface area contributed by atoms with Crippen molar-refractivity contribution in [2.24, 2.45) is 0 Å². The van der Waals surface area contributed by atoms with Crippen LogP contribution in [-0.2, 0) is 4.79 Å². The fourth-order valence-electron chi connectivity index (χ4n) is 5.76. The molecule has 3 aromatic rings. The number of benzene rings is 3. The van der Waals surface area contributed by atoms with Gasteiger partial charge in [0, 0.05) is 46.9 Å². The molecule has 1 aliphatic carbocycles. The summed E-state index contributed by atoms with van der Waals surface area (Å²) >= 11 is 0. The number of aliphatic hydroxyl groups is 1. The van der Waals surface area contributed by atoms with Crippen LogP contribution in [0.5, 0.6) is 17.2 Å². The summed E-state index contributed by atoms with van der Waals surface area (Å²) in [6.07, 6.45) is 1.31. The first-order chi connectivity index (χ1) is 20.2. The standard InChI is InChI=1S/C32H31N3O7/c1-18-13-14-21(35(38)39)17-23(18)34-22-11-8-12-24(36)28(22)27(20-15-25(40-2)31(42-4)26(16-20)41-3)29(32(34)33)30(37)19-9-6-5-7-10-19/h5-7,9-10,13-17,27,33,37H,8,11-12H2,1-4H3. The van der Waals surface area contributed by atoms with Crippen molar-refractivity contribution in [3.8, 4) is 17.2 Å². The number of amidine groups is 1. The molecule has 1 unspecified atom stereocenters. The zero-order chi connectivity index (χ0) is 30.1. The molecule has 10 nitrogen and oxygen atoms in total. The Hall–Kier alpha value is -5.12. The maximum Gasteiger partial charge on any atom is 0.271 e. The van der Waals surface area contributed by atoms with Crippen molar-refractivity contribution in [1.82, 2.24) is 0 Å². The summed E-state index contributed by atoms with van der Waals surface area (Å²) in [6, 6.07) is 16.7. The Balaban J connectivity index is 1.89. The number of nitrogens with zero attached hydrogens (tertiary/aromatic N) is 2. The summed E-state index contributed by atoms with van der Waals surface area (Å²) in [7, 11) is 4.48. The molecule has 1 atom stereocenters. The van der Waals surface area contributed by atoms with Crippen molar-refractivity contribution in [3.05, 3.63) is 104 Å². The van der Waals surface area contributed by atoms with E-state index in [2.05, 4.69) is 0 Å². The number of carbonyl (C=O) groups excluding carboxylic acids is 1. The molecule has 0 saturated heterocycles. The molecule has 0 saturated carbocycles. The smallest absolute Gasteiger partial charge is 0.271 e. The van der Waals surface area contributed by atoms with Crippen molar-refractivity contribution in [2.75, 3.05) is 26.2 Å². The Labute approximate surface area is 243 Å². The van der Waals surface area contributed by atoms with E-state index in [0.29, 0.717) is 63.7 Å². The number of hydrogen-bond donors (Lipinski definition) is 2. The first-order valence-electron chi connectivity index (χ1n) is 13.4.